The first-order valence-corrected chi connectivity index (χ1v) is 6.49. The smallest absolute Gasteiger partial charge is 0.336 e. The molecule has 0 bridgehead atoms. The highest BCUT2D eigenvalue weighted by Crippen LogP contribution is 2.23. The largest absolute Gasteiger partial charge is 0.496 e. The Hall–Kier alpha value is -2.28. The van der Waals surface area contributed by atoms with Gasteiger partial charge in [-0.25, -0.2) is 4.79 Å². The van der Waals surface area contributed by atoms with Crippen molar-refractivity contribution in [3.63, 3.8) is 0 Å². The molecule has 1 aliphatic heterocycles. The lowest BCUT2D eigenvalue weighted by molar-refractivity contribution is -0.158. The number of anilines is 1. The summed E-state index contributed by atoms with van der Waals surface area (Å²) in [4.78, 5) is 25.6. The number of amides is 1. The third-order valence-electron chi connectivity index (χ3n) is 3.27. The Morgan fingerprint density at radius 1 is 1.38 bits per heavy atom. The fraction of sp³-hybridized carbons (Fsp3) is 0.429. The molecule has 1 unspecified atom stereocenters. The molecule has 2 rings (SSSR count). The highest BCUT2D eigenvalue weighted by atomic mass is 16.6. The van der Waals surface area contributed by atoms with Crippen molar-refractivity contribution in [1.82, 2.24) is 4.90 Å². The molecule has 2 N–H and O–H groups in total. The van der Waals surface area contributed by atoms with Crippen LogP contribution in [0.1, 0.15) is 10.4 Å². The summed E-state index contributed by atoms with van der Waals surface area (Å²) >= 11 is 0. The first kappa shape index (κ1) is 15.1. The molecule has 0 aliphatic carbocycles. The summed E-state index contributed by atoms with van der Waals surface area (Å²) < 4.78 is 15.1. The first-order valence-electron chi connectivity index (χ1n) is 6.49. The van der Waals surface area contributed by atoms with Crippen LogP contribution in [0.4, 0.5) is 5.69 Å². The lowest BCUT2D eigenvalue weighted by Gasteiger charge is -2.31. The number of methoxy groups -OCH3 is 2. The lowest BCUT2D eigenvalue weighted by atomic mass is 10.1. The van der Waals surface area contributed by atoms with E-state index in [-0.39, 0.29) is 19.1 Å². The van der Waals surface area contributed by atoms with Crippen LogP contribution in [0.25, 0.3) is 0 Å². The molecule has 114 valence electrons. The SMILES string of the molecule is COC(=O)C1CN(C(=O)c2cc(N)ccc2OC)CCO1. The fourth-order valence-electron chi connectivity index (χ4n) is 2.17. The van der Waals surface area contributed by atoms with Crippen molar-refractivity contribution < 1.29 is 23.8 Å². The third-order valence-corrected chi connectivity index (χ3v) is 3.27. The zero-order valence-electron chi connectivity index (χ0n) is 12.0. The van der Waals surface area contributed by atoms with E-state index in [0.717, 1.165) is 0 Å². The molecular formula is C14H18N2O5. The number of carbonyl (C=O) groups excluding carboxylic acids is 2. The molecule has 1 atom stereocenters. The summed E-state index contributed by atoms with van der Waals surface area (Å²) in [5.74, 6) is -0.307. The van der Waals surface area contributed by atoms with Gasteiger partial charge in [0.05, 0.1) is 32.9 Å². The Balaban J connectivity index is 2.19. The highest BCUT2D eigenvalue weighted by Gasteiger charge is 2.31. The van der Waals surface area contributed by atoms with Crippen molar-refractivity contribution in [3.8, 4) is 5.75 Å². The minimum Gasteiger partial charge on any atom is -0.496 e. The van der Waals surface area contributed by atoms with Gasteiger partial charge in [0.1, 0.15) is 5.75 Å². The highest BCUT2D eigenvalue weighted by molar-refractivity contribution is 5.98. The lowest BCUT2D eigenvalue weighted by Crippen LogP contribution is -2.49. The molecule has 1 heterocycles. The van der Waals surface area contributed by atoms with Crippen molar-refractivity contribution in [2.75, 3.05) is 39.6 Å². The molecule has 0 saturated carbocycles. The van der Waals surface area contributed by atoms with Crippen molar-refractivity contribution in [1.29, 1.82) is 0 Å². The van der Waals surface area contributed by atoms with Crippen LogP contribution in [0, 0.1) is 0 Å². The minimum atomic E-state index is -0.764. The number of carbonyl (C=O) groups is 2. The van der Waals surface area contributed by atoms with Gasteiger partial charge in [0.2, 0.25) is 0 Å². The van der Waals surface area contributed by atoms with E-state index >= 15 is 0 Å². The summed E-state index contributed by atoms with van der Waals surface area (Å²) in [6, 6.07) is 4.86. The standard InChI is InChI=1S/C14H18N2O5/c1-19-11-4-3-9(15)7-10(11)13(17)16-5-6-21-12(8-16)14(18)20-2/h3-4,7,12H,5-6,8,15H2,1-2H3. The summed E-state index contributed by atoms with van der Waals surface area (Å²) in [5, 5.41) is 0. The maximum absolute atomic E-state index is 12.6. The number of benzene rings is 1. The van der Waals surface area contributed by atoms with Gasteiger partial charge in [0.25, 0.3) is 5.91 Å². The van der Waals surface area contributed by atoms with Crippen LogP contribution in [-0.4, -0.2) is 56.8 Å². The van der Waals surface area contributed by atoms with E-state index in [1.165, 1.54) is 19.1 Å². The maximum atomic E-state index is 12.6. The van der Waals surface area contributed by atoms with Gasteiger partial charge in [0.15, 0.2) is 6.10 Å². The first-order chi connectivity index (χ1) is 10.1. The summed E-state index contributed by atoms with van der Waals surface area (Å²) in [6.45, 7) is 0.809. The predicted octanol–water partition coefficient (Wildman–Crippen LogP) is 0.291. The fourth-order valence-corrected chi connectivity index (χ4v) is 2.17. The van der Waals surface area contributed by atoms with Gasteiger partial charge in [-0.3, -0.25) is 4.79 Å². The van der Waals surface area contributed by atoms with Gasteiger partial charge in [0, 0.05) is 12.2 Å². The van der Waals surface area contributed by atoms with Gasteiger partial charge in [-0.1, -0.05) is 0 Å². The second kappa shape index (κ2) is 6.45. The summed E-state index contributed by atoms with van der Waals surface area (Å²) in [6.07, 6.45) is -0.764. The van der Waals surface area contributed by atoms with Crippen LogP contribution in [-0.2, 0) is 14.3 Å². The Morgan fingerprint density at radius 3 is 2.81 bits per heavy atom. The molecule has 1 aromatic carbocycles. The number of rotatable bonds is 3. The molecule has 21 heavy (non-hydrogen) atoms. The molecule has 1 saturated heterocycles. The third kappa shape index (κ3) is 3.25. The topological polar surface area (TPSA) is 91.1 Å². The summed E-state index contributed by atoms with van der Waals surface area (Å²) in [5.41, 5.74) is 6.55. The van der Waals surface area contributed by atoms with Gasteiger partial charge >= 0.3 is 5.97 Å². The molecule has 0 aromatic heterocycles. The molecule has 0 radical (unpaired) electrons. The zero-order chi connectivity index (χ0) is 15.4. The van der Waals surface area contributed by atoms with Gasteiger partial charge < -0.3 is 24.8 Å². The van der Waals surface area contributed by atoms with Crippen LogP contribution in [0.3, 0.4) is 0 Å². The Bertz CT molecular complexity index is 546. The van der Waals surface area contributed by atoms with Crippen LogP contribution >= 0.6 is 0 Å². The van der Waals surface area contributed by atoms with Crippen LogP contribution in [0.2, 0.25) is 0 Å². The number of nitrogen functional groups attached to an aromatic ring is 1. The molecule has 7 heteroatoms. The normalized spacial score (nSPS) is 18.2. The summed E-state index contributed by atoms with van der Waals surface area (Å²) in [7, 11) is 2.77. The number of hydrogen-bond acceptors (Lipinski definition) is 6. The van der Waals surface area contributed by atoms with Gasteiger partial charge in [-0.05, 0) is 18.2 Å². The quantitative estimate of drug-likeness (QED) is 0.636. The second-order valence-electron chi connectivity index (χ2n) is 4.59. The van der Waals surface area contributed by atoms with E-state index in [1.54, 1.807) is 18.2 Å². The Morgan fingerprint density at radius 2 is 2.14 bits per heavy atom. The van der Waals surface area contributed by atoms with Crippen LogP contribution in [0.15, 0.2) is 18.2 Å². The Kier molecular flexibility index (Phi) is 4.64. The number of hydrogen-bond donors (Lipinski definition) is 1. The van der Waals surface area contributed by atoms with Crippen LogP contribution in [0.5, 0.6) is 5.75 Å². The molecule has 7 nitrogen and oxygen atoms in total. The van der Waals surface area contributed by atoms with Gasteiger partial charge in [-0.15, -0.1) is 0 Å². The number of morpholine rings is 1. The molecule has 1 fully saturated rings. The predicted molar refractivity (Wildman–Crippen MR) is 75.1 cm³/mol. The van der Waals surface area contributed by atoms with Crippen molar-refractivity contribution in [2.24, 2.45) is 0 Å². The van der Waals surface area contributed by atoms with E-state index < -0.39 is 12.1 Å². The zero-order valence-corrected chi connectivity index (χ0v) is 12.0. The second-order valence-corrected chi connectivity index (χ2v) is 4.59. The maximum Gasteiger partial charge on any atom is 0.336 e. The van der Waals surface area contributed by atoms with Crippen molar-refractivity contribution >= 4 is 17.6 Å². The molecule has 1 aromatic rings. The monoisotopic (exact) mass is 294 g/mol. The van der Waals surface area contributed by atoms with E-state index in [1.807, 2.05) is 0 Å². The minimum absolute atomic E-state index is 0.142. The molecule has 1 amide bonds. The molecular weight excluding hydrogens is 276 g/mol. The van der Waals surface area contributed by atoms with Crippen LogP contribution < -0.4 is 10.5 Å². The number of nitrogens with two attached hydrogens (primary N) is 1. The average molecular weight is 294 g/mol. The van der Waals surface area contributed by atoms with E-state index in [4.69, 9.17) is 15.2 Å². The average Bonchev–Trinajstić information content (AvgIpc) is 2.53. The van der Waals surface area contributed by atoms with Crippen molar-refractivity contribution in [2.45, 2.75) is 6.10 Å². The number of ether oxygens (including phenoxy) is 3. The van der Waals surface area contributed by atoms with E-state index in [2.05, 4.69) is 4.74 Å². The molecule has 0 spiro atoms. The number of esters is 1. The van der Waals surface area contributed by atoms with Crippen molar-refractivity contribution in [3.05, 3.63) is 23.8 Å². The van der Waals surface area contributed by atoms with E-state index in [0.29, 0.717) is 23.5 Å². The Labute approximate surface area is 122 Å². The van der Waals surface area contributed by atoms with Gasteiger partial charge in [-0.2, -0.15) is 0 Å². The van der Waals surface area contributed by atoms with E-state index in [9.17, 15) is 9.59 Å². The number of nitrogens with zero attached hydrogens (tertiary/aromatic N) is 1. The molecule has 1 aliphatic rings.